The van der Waals surface area contributed by atoms with Gasteiger partial charge in [0.2, 0.25) is 0 Å². The Hall–Kier alpha value is -2.50. The fourth-order valence-corrected chi connectivity index (χ4v) is 1.74. The van der Waals surface area contributed by atoms with Crippen molar-refractivity contribution in [3.8, 4) is 0 Å². The van der Waals surface area contributed by atoms with Gasteiger partial charge in [-0.3, -0.25) is 4.79 Å². The smallest absolute Gasteiger partial charge is 0.255 e. The lowest BCUT2D eigenvalue weighted by Crippen LogP contribution is -2.27. The van der Waals surface area contributed by atoms with Gasteiger partial charge in [-0.05, 0) is 30.2 Å². The van der Waals surface area contributed by atoms with Crippen LogP contribution >= 0.6 is 0 Å². The normalized spacial score (nSPS) is 10.3. The SMILES string of the molecule is Nc1ncc(F)cc1C(=O)NCCc1cccc(F)c1. The third kappa shape index (κ3) is 3.50. The zero-order valence-corrected chi connectivity index (χ0v) is 10.6. The first-order valence-electron chi connectivity index (χ1n) is 6.00. The molecule has 2 rings (SSSR count). The van der Waals surface area contributed by atoms with Crippen LogP contribution in [0, 0.1) is 11.6 Å². The number of nitrogens with one attached hydrogen (secondary N) is 1. The number of carbonyl (C=O) groups is 1. The summed E-state index contributed by atoms with van der Waals surface area (Å²) < 4.78 is 26.0. The summed E-state index contributed by atoms with van der Waals surface area (Å²) in [6.45, 7) is 0.290. The van der Waals surface area contributed by atoms with Gasteiger partial charge in [0.15, 0.2) is 0 Å². The Labute approximate surface area is 114 Å². The number of amides is 1. The summed E-state index contributed by atoms with van der Waals surface area (Å²) in [7, 11) is 0. The summed E-state index contributed by atoms with van der Waals surface area (Å²) in [5, 5.41) is 2.59. The number of pyridine rings is 1. The average molecular weight is 277 g/mol. The van der Waals surface area contributed by atoms with Crippen LogP contribution in [0.1, 0.15) is 15.9 Å². The van der Waals surface area contributed by atoms with Crippen molar-refractivity contribution in [2.24, 2.45) is 0 Å². The van der Waals surface area contributed by atoms with Gasteiger partial charge in [-0.2, -0.15) is 0 Å². The van der Waals surface area contributed by atoms with Crippen molar-refractivity contribution in [2.45, 2.75) is 6.42 Å². The van der Waals surface area contributed by atoms with Crippen LogP contribution in [0.4, 0.5) is 14.6 Å². The van der Waals surface area contributed by atoms with Gasteiger partial charge in [0.1, 0.15) is 17.5 Å². The summed E-state index contributed by atoms with van der Waals surface area (Å²) in [4.78, 5) is 15.4. The molecule has 0 saturated heterocycles. The minimum atomic E-state index is -0.630. The number of nitrogen functional groups attached to an aromatic ring is 1. The van der Waals surface area contributed by atoms with E-state index in [2.05, 4.69) is 10.3 Å². The van der Waals surface area contributed by atoms with Gasteiger partial charge in [-0.1, -0.05) is 12.1 Å². The Bertz CT molecular complexity index is 632. The number of carbonyl (C=O) groups excluding carboxylic acids is 1. The molecule has 0 atom stereocenters. The largest absolute Gasteiger partial charge is 0.383 e. The van der Waals surface area contributed by atoms with E-state index in [1.165, 1.54) is 12.1 Å². The molecule has 6 heteroatoms. The van der Waals surface area contributed by atoms with Crippen molar-refractivity contribution in [3.05, 3.63) is 59.3 Å². The van der Waals surface area contributed by atoms with Crippen molar-refractivity contribution >= 4 is 11.7 Å². The summed E-state index contributed by atoms with van der Waals surface area (Å²) in [5.41, 5.74) is 6.25. The van der Waals surface area contributed by atoms with Gasteiger partial charge in [-0.15, -0.1) is 0 Å². The molecule has 0 spiro atoms. The molecule has 0 aliphatic carbocycles. The number of hydrogen-bond acceptors (Lipinski definition) is 3. The number of halogens is 2. The molecule has 1 heterocycles. The molecule has 0 aliphatic heterocycles. The van der Waals surface area contributed by atoms with E-state index < -0.39 is 11.7 Å². The number of benzene rings is 1. The van der Waals surface area contributed by atoms with Gasteiger partial charge >= 0.3 is 0 Å². The number of nitrogens with zero attached hydrogens (tertiary/aromatic N) is 1. The zero-order chi connectivity index (χ0) is 14.5. The first-order chi connectivity index (χ1) is 9.56. The second-order valence-electron chi connectivity index (χ2n) is 4.22. The quantitative estimate of drug-likeness (QED) is 0.897. The fourth-order valence-electron chi connectivity index (χ4n) is 1.74. The van der Waals surface area contributed by atoms with Crippen LogP contribution in [0.25, 0.3) is 0 Å². The molecule has 0 radical (unpaired) electrons. The zero-order valence-electron chi connectivity index (χ0n) is 10.6. The Morgan fingerprint density at radius 1 is 1.25 bits per heavy atom. The highest BCUT2D eigenvalue weighted by Gasteiger charge is 2.11. The van der Waals surface area contributed by atoms with Gasteiger partial charge < -0.3 is 11.1 Å². The monoisotopic (exact) mass is 277 g/mol. The topological polar surface area (TPSA) is 68.0 Å². The summed E-state index contributed by atoms with van der Waals surface area (Å²) in [6.07, 6.45) is 1.41. The lowest BCUT2D eigenvalue weighted by atomic mass is 10.1. The van der Waals surface area contributed by atoms with E-state index in [0.717, 1.165) is 17.8 Å². The number of aromatic nitrogens is 1. The van der Waals surface area contributed by atoms with Crippen molar-refractivity contribution < 1.29 is 13.6 Å². The van der Waals surface area contributed by atoms with E-state index in [9.17, 15) is 13.6 Å². The first-order valence-corrected chi connectivity index (χ1v) is 6.00. The van der Waals surface area contributed by atoms with Gasteiger partial charge in [0.05, 0.1) is 11.8 Å². The predicted molar refractivity (Wildman–Crippen MR) is 71.0 cm³/mol. The molecule has 1 aromatic carbocycles. The molecular weight excluding hydrogens is 264 g/mol. The Morgan fingerprint density at radius 2 is 2.05 bits per heavy atom. The molecular formula is C14H13F2N3O. The summed E-state index contributed by atoms with van der Waals surface area (Å²) >= 11 is 0. The minimum absolute atomic E-state index is 0.00996. The van der Waals surface area contributed by atoms with Crippen LogP contribution in [0.2, 0.25) is 0 Å². The van der Waals surface area contributed by atoms with Crippen LogP contribution in [0.5, 0.6) is 0 Å². The maximum Gasteiger partial charge on any atom is 0.255 e. The van der Waals surface area contributed by atoms with Crippen molar-refractivity contribution in [1.29, 1.82) is 0 Å². The lowest BCUT2D eigenvalue weighted by molar-refractivity contribution is 0.0954. The van der Waals surface area contributed by atoms with Gasteiger partial charge in [0, 0.05) is 6.54 Å². The van der Waals surface area contributed by atoms with Crippen LogP contribution < -0.4 is 11.1 Å². The minimum Gasteiger partial charge on any atom is -0.383 e. The first kappa shape index (κ1) is 13.9. The van der Waals surface area contributed by atoms with Crippen molar-refractivity contribution in [2.75, 3.05) is 12.3 Å². The van der Waals surface area contributed by atoms with E-state index >= 15 is 0 Å². The maximum atomic E-state index is 13.0. The van der Waals surface area contributed by atoms with Crippen molar-refractivity contribution in [1.82, 2.24) is 10.3 Å². The molecule has 1 amide bonds. The van der Waals surface area contributed by atoms with E-state index in [-0.39, 0.29) is 23.7 Å². The highest BCUT2D eigenvalue weighted by Crippen LogP contribution is 2.09. The second kappa shape index (κ2) is 6.10. The Balaban J connectivity index is 1.94. The predicted octanol–water partition coefficient (Wildman–Crippen LogP) is 1.91. The van der Waals surface area contributed by atoms with Crippen LogP contribution in [0.15, 0.2) is 36.5 Å². The molecule has 104 valence electrons. The summed E-state index contributed by atoms with van der Waals surface area (Å²) in [6, 6.07) is 7.12. The molecule has 0 bridgehead atoms. The Kier molecular flexibility index (Phi) is 4.24. The summed E-state index contributed by atoms with van der Waals surface area (Å²) in [5.74, 6) is -1.50. The molecule has 0 unspecified atom stereocenters. The molecule has 4 nitrogen and oxygen atoms in total. The third-order valence-electron chi connectivity index (χ3n) is 2.72. The maximum absolute atomic E-state index is 13.0. The van der Waals surface area contributed by atoms with Crippen LogP contribution in [-0.4, -0.2) is 17.4 Å². The lowest BCUT2D eigenvalue weighted by Gasteiger charge is -2.07. The van der Waals surface area contributed by atoms with E-state index in [4.69, 9.17) is 5.73 Å². The molecule has 3 N–H and O–H groups in total. The molecule has 0 aliphatic rings. The second-order valence-corrected chi connectivity index (χ2v) is 4.22. The van der Waals surface area contributed by atoms with Crippen molar-refractivity contribution in [3.63, 3.8) is 0 Å². The number of hydrogen-bond donors (Lipinski definition) is 2. The van der Waals surface area contributed by atoms with E-state index in [1.807, 2.05) is 0 Å². The third-order valence-corrected chi connectivity index (χ3v) is 2.72. The molecule has 0 fully saturated rings. The van der Waals surface area contributed by atoms with Gasteiger partial charge in [0.25, 0.3) is 5.91 Å². The number of nitrogens with two attached hydrogens (primary N) is 1. The van der Waals surface area contributed by atoms with E-state index in [0.29, 0.717) is 6.42 Å². The highest BCUT2D eigenvalue weighted by atomic mass is 19.1. The van der Waals surface area contributed by atoms with Crippen LogP contribution in [0.3, 0.4) is 0 Å². The molecule has 0 saturated carbocycles. The fraction of sp³-hybridized carbons (Fsp3) is 0.143. The molecule has 1 aromatic heterocycles. The number of rotatable bonds is 4. The number of anilines is 1. The average Bonchev–Trinajstić information content (AvgIpc) is 2.41. The standard InChI is InChI=1S/C14H13F2N3O/c15-10-3-1-2-9(6-10)4-5-18-14(20)12-7-11(16)8-19-13(12)17/h1-3,6-8H,4-5H2,(H2,17,19)(H,18,20). The highest BCUT2D eigenvalue weighted by molar-refractivity contribution is 5.98. The van der Waals surface area contributed by atoms with Crippen LogP contribution in [-0.2, 0) is 6.42 Å². The van der Waals surface area contributed by atoms with E-state index in [1.54, 1.807) is 12.1 Å². The van der Waals surface area contributed by atoms with Gasteiger partial charge in [-0.25, -0.2) is 13.8 Å². The molecule has 20 heavy (non-hydrogen) atoms. The molecule has 2 aromatic rings. The Morgan fingerprint density at radius 3 is 2.80 bits per heavy atom.